The molecule has 0 amide bonds. The van der Waals surface area contributed by atoms with Crippen LogP contribution in [0.3, 0.4) is 0 Å². The molecule has 0 aromatic heterocycles. The molecule has 0 aromatic carbocycles. The van der Waals surface area contributed by atoms with E-state index in [-0.39, 0.29) is 50.9 Å². The largest absolute Gasteiger partial charge is 0.508 e. The summed E-state index contributed by atoms with van der Waals surface area (Å²) >= 11 is 0. The first-order chi connectivity index (χ1) is 22.8. The number of halogens is 2. The van der Waals surface area contributed by atoms with Crippen LogP contribution in [0, 0.1) is 32.8 Å². The molecule has 0 spiro atoms. The molecule has 0 bridgehead atoms. The van der Waals surface area contributed by atoms with Crippen LogP contribution in [0.1, 0.15) is 59.8 Å². The Morgan fingerprint density at radius 3 is 2.51 bits per heavy atom. The number of esters is 1. The van der Waals surface area contributed by atoms with Gasteiger partial charge in [0.1, 0.15) is 18.8 Å². The average molecular weight is 701 g/mol. The van der Waals surface area contributed by atoms with E-state index >= 15 is 8.78 Å². The van der Waals surface area contributed by atoms with Crippen LogP contribution < -0.4 is 5.73 Å². The summed E-state index contributed by atoms with van der Waals surface area (Å²) in [6.07, 6.45) is -2.09. The number of alkyl halides is 2. The Hall–Kier alpha value is -3.54. The molecule has 1 heterocycles. The summed E-state index contributed by atoms with van der Waals surface area (Å²) in [5.41, 5.74) is -1.45. The number of ether oxygens (including phenoxy) is 5. The van der Waals surface area contributed by atoms with E-state index in [4.69, 9.17) is 29.4 Å². The maximum Gasteiger partial charge on any atom is 0.508 e. The molecule has 4 aliphatic carbocycles. The highest BCUT2D eigenvalue weighted by atomic mass is 19.1. The van der Waals surface area contributed by atoms with Crippen LogP contribution >= 0.6 is 0 Å². The van der Waals surface area contributed by atoms with Gasteiger partial charge in [-0.25, -0.2) is 13.6 Å². The van der Waals surface area contributed by atoms with Crippen molar-refractivity contribution in [2.45, 2.75) is 101 Å². The lowest BCUT2D eigenvalue weighted by Gasteiger charge is -2.63. The summed E-state index contributed by atoms with van der Waals surface area (Å²) in [6.45, 7) is 4.53. The van der Waals surface area contributed by atoms with Crippen molar-refractivity contribution < 1.29 is 66.7 Å². The van der Waals surface area contributed by atoms with Gasteiger partial charge in [-0.3, -0.25) is 14.4 Å². The van der Waals surface area contributed by atoms with Gasteiger partial charge < -0.3 is 39.4 Å². The number of nitrogens with two attached hydrogens (primary N) is 1. The van der Waals surface area contributed by atoms with Gasteiger partial charge in [0.25, 0.3) is 5.09 Å². The molecule has 272 valence electrons. The first-order valence-corrected chi connectivity index (χ1v) is 16.2. The summed E-state index contributed by atoms with van der Waals surface area (Å²) in [5.74, 6) is -5.22. The summed E-state index contributed by atoms with van der Waals surface area (Å²) < 4.78 is 60.8. The van der Waals surface area contributed by atoms with Crippen molar-refractivity contribution in [1.29, 1.82) is 0 Å². The Morgan fingerprint density at radius 2 is 1.82 bits per heavy atom. The number of allylic oxidation sites excluding steroid dienone is 4. The molecule has 0 unspecified atom stereocenters. The highest BCUT2D eigenvalue weighted by Gasteiger charge is 2.80. The van der Waals surface area contributed by atoms with Gasteiger partial charge in [0, 0.05) is 16.7 Å². The predicted molar refractivity (Wildman–Crippen MR) is 160 cm³/mol. The van der Waals surface area contributed by atoms with Crippen LogP contribution in [0.2, 0.25) is 0 Å². The number of carbonyl (C=O) groups excluding carboxylic acids is 4. The van der Waals surface area contributed by atoms with Crippen LogP contribution in [-0.2, 0) is 42.9 Å². The number of carbonyl (C=O) groups is 4. The molecule has 1 aliphatic heterocycles. The molecule has 49 heavy (non-hydrogen) atoms. The van der Waals surface area contributed by atoms with E-state index in [1.54, 1.807) is 20.8 Å². The zero-order valence-corrected chi connectivity index (χ0v) is 27.7. The first-order valence-electron chi connectivity index (χ1n) is 16.2. The van der Waals surface area contributed by atoms with Crippen molar-refractivity contribution in [1.82, 2.24) is 0 Å². The quantitative estimate of drug-likeness (QED) is 0.130. The number of hydrogen-bond donors (Lipinski definition) is 2. The molecule has 3 saturated carbocycles. The molecule has 5 rings (SSSR count). The molecular formula is C32H42F2N2O13. The van der Waals surface area contributed by atoms with E-state index in [1.165, 1.54) is 19.1 Å². The third-order valence-electron chi connectivity index (χ3n) is 11.0. The number of hydrogen-bond acceptors (Lipinski definition) is 14. The average Bonchev–Trinajstić information content (AvgIpc) is 3.43. The van der Waals surface area contributed by atoms with Gasteiger partial charge >= 0.3 is 12.1 Å². The second-order valence-electron chi connectivity index (χ2n) is 14.2. The second kappa shape index (κ2) is 13.0. The maximum atomic E-state index is 17.6. The summed E-state index contributed by atoms with van der Waals surface area (Å²) in [4.78, 5) is 65.1. The van der Waals surface area contributed by atoms with Crippen molar-refractivity contribution >= 4 is 23.7 Å². The minimum atomic E-state index is -2.38. The smallest absolute Gasteiger partial charge is 0.464 e. The van der Waals surface area contributed by atoms with Gasteiger partial charge in [-0.15, -0.1) is 10.1 Å². The van der Waals surface area contributed by atoms with Gasteiger partial charge in [0.05, 0.1) is 25.4 Å². The number of aliphatic hydroxyl groups is 1. The number of ketones is 2. The highest BCUT2D eigenvalue weighted by molar-refractivity contribution is 6.01. The Bertz CT molecular complexity index is 1460. The normalized spacial score (nSPS) is 39.0. The second-order valence-corrected chi connectivity index (χ2v) is 14.2. The van der Waals surface area contributed by atoms with E-state index in [2.05, 4.69) is 4.84 Å². The van der Waals surface area contributed by atoms with Gasteiger partial charge in [-0.05, 0) is 76.5 Å². The molecular weight excluding hydrogens is 658 g/mol. The Morgan fingerprint density at radius 1 is 1.12 bits per heavy atom. The molecule has 0 radical (unpaired) electrons. The van der Waals surface area contributed by atoms with E-state index in [0.717, 1.165) is 6.08 Å². The van der Waals surface area contributed by atoms with E-state index in [0.29, 0.717) is 0 Å². The van der Waals surface area contributed by atoms with Crippen molar-refractivity contribution in [3.8, 4) is 0 Å². The van der Waals surface area contributed by atoms with Crippen LogP contribution in [0.25, 0.3) is 0 Å². The van der Waals surface area contributed by atoms with Crippen LogP contribution in [-0.4, -0.2) is 102 Å². The number of unbranched alkanes of at least 4 members (excludes halogenated alkanes) is 1. The fraction of sp³-hybridized carbons (Fsp3) is 0.750. The maximum absolute atomic E-state index is 17.6. The van der Waals surface area contributed by atoms with Gasteiger partial charge in [-0.2, -0.15) is 0 Å². The number of Topliss-reactive ketones (excluding diaryl/α,β-unsaturated/α-hetero) is 1. The zero-order valence-electron chi connectivity index (χ0n) is 27.7. The molecule has 4 fully saturated rings. The number of nitrogens with zero attached hydrogens (tertiary/aromatic N) is 1. The molecule has 3 N–H and O–H groups in total. The fourth-order valence-electron chi connectivity index (χ4n) is 8.92. The molecule has 10 atom stereocenters. The van der Waals surface area contributed by atoms with Gasteiger partial charge in [0.2, 0.25) is 5.78 Å². The third-order valence-corrected chi connectivity index (χ3v) is 11.0. The van der Waals surface area contributed by atoms with Gasteiger partial charge in [-0.1, -0.05) is 13.0 Å². The Balaban J connectivity index is 1.26. The monoisotopic (exact) mass is 700 g/mol. The molecule has 0 aromatic rings. The lowest BCUT2D eigenvalue weighted by atomic mass is 9.44. The van der Waals surface area contributed by atoms with Crippen LogP contribution in [0.15, 0.2) is 23.8 Å². The van der Waals surface area contributed by atoms with Crippen molar-refractivity contribution in [3.05, 3.63) is 33.9 Å². The lowest BCUT2D eigenvalue weighted by Crippen LogP contribution is -2.71. The Labute approximate surface area is 280 Å². The first kappa shape index (κ1) is 36.7. The molecule has 17 heteroatoms. The third kappa shape index (κ3) is 6.01. The molecule has 15 nitrogen and oxygen atoms in total. The number of rotatable bonds is 12. The predicted octanol–water partition coefficient (Wildman–Crippen LogP) is 2.39. The minimum absolute atomic E-state index is 0.0285. The highest BCUT2D eigenvalue weighted by Crippen LogP contribution is 2.72. The minimum Gasteiger partial charge on any atom is -0.464 e. The van der Waals surface area contributed by atoms with Crippen molar-refractivity contribution in [2.75, 3.05) is 26.4 Å². The zero-order chi connectivity index (χ0) is 36.2. The van der Waals surface area contributed by atoms with Gasteiger partial charge in [0.15, 0.2) is 29.4 Å². The topological polar surface area (TPSA) is 213 Å². The Kier molecular flexibility index (Phi) is 9.72. The SMILES string of the molecule is CC1(C)O[C@H]2C[C@H]3[C@@H]4C[C@H](F)C5=CC(=O)C=C[C@]5(C)[C@@]4(F)[C@@H](O)C[C@]3(C)[C@@]2(C(=O)COC(=O)OC[C@H](N)C(=O)OCCCCO[N+](=O)[O-])O1. The van der Waals surface area contributed by atoms with Crippen molar-refractivity contribution in [2.24, 2.45) is 28.4 Å². The van der Waals surface area contributed by atoms with Crippen LogP contribution in [0.4, 0.5) is 13.6 Å². The molecule has 1 saturated heterocycles. The summed E-state index contributed by atoms with van der Waals surface area (Å²) in [5, 5.41) is 20.8. The standard InChI is InChI=1S/C32H42F2N2O13/c1-28(2)48-25-13-18-19-12-21(33)20-11-17(37)7-8-29(20,3)31(19,34)23(38)14-30(18,4)32(25,49-28)24(39)16-46-27(41)45-15-22(35)26(40)44-9-5-6-10-47-36(42)43/h7-8,11,18-19,21-23,25,38H,5-6,9-10,12-16,35H2,1-4H3/t18-,19-,21-,22-,23-,25-,29-,30-,31-,32-/m0/s1. The van der Waals surface area contributed by atoms with E-state index in [1.807, 2.05) is 0 Å². The summed E-state index contributed by atoms with van der Waals surface area (Å²) in [6, 6.07) is -1.39. The summed E-state index contributed by atoms with van der Waals surface area (Å²) in [7, 11) is 0. The number of aliphatic hydroxyl groups excluding tert-OH is 1. The van der Waals surface area contributed by atoms with Crippen molar-refractivity contribution in [3.63, 3.8) is 0 Å². The fourth-order valence-corrected chi connectivity index (χ4v) is 8.92. The lowest BCUT2D eigenvalue weighted by molar-refractivity contribution is -0.757. The number of fused-ring (bicyclic) bond motifs is 7. The molecule has 5 aliphatic rings. The van der Waals surface area contributed by atoms with E-state index < -0.39 is 106 Å². The van der Waals surface area contributed by atoms with Crippen LogP contribution in [0.5, 0.6) is 0 Å². The van der Waals surface area contributed by atoms with E-state index in [9.17, 15) is 34.4 Å².